The van der Waals surface area contributed by atoms with Crippen LogP contribution in [-0.4, -0.2) is 38.4 Å². The van der Waals surface area contributed by atoms with Gasteiger partial charge in [-0.1, -0.05) is 17.3 Å². The quantitative estimate of drug-likeness (QED) is 0.283. The van der Waals surface area contributed by atoms with Gasteiger partial charge in [-0.3, -0.25) is 4.79 Å². The van der Waals surface area contributed by atoms with Gasteiger partial charge in [0.15, 0.2) is 5.82 Å². The minimum atomic E-state index is -1.02. The van der Waals surface area contributed by atoms with Crippen molar-refractivity contribution in [2.75, 3.05) is 11.4 Å². The number of aliphatic hydroxyl groups is 1. The van der Waals surface area contributed by atoms with E-state index in [1.165, 1.54) is 11.3 Å². The van der Waals surface area contributed by atoms with Gasteiger partial charge in [0.05, 0.1) is 5.69 Å². The first-order valence-electron chi connectivity index (χ1n) is 15.6. The number of thiazole rings is 1. The summed E-state index contributed by atoms with van der Waals surface area (Å²) in [6.07, 6.45) is 10.4. The predicted octanol–water partition coefficient (Wildman–Crippen LogP) is 7.21. The van der Waals surface area contributed by atoms with E-state index in [4.69, 9.17) is 14.5 Å². The van der Waals surface area contributed by atoms with Crippen molar-refractivity contribution >= 4 is 22.9 Å². The van der Waals surface area contributed by atoms with Gasteiger partial charge in [-0.25, -0.2) is 9.37 Å². The summed E-state index contributed by atoms with van der Waals surface area (Å²) in [7, 11) is 0. The molecule has 4 bridgehead atoms. The van der Waals surface area contributed by atoms with Crippen LogP contribution in [-0.2, 0) is 15.8 Å². The van der Waals surface area contributed by atoms with E-state index in [0.29, 0.717) is 43.2 Å². The van der Waals surface area contributed by atoms with E-state index < -0.39 is 11.3 Å². The number of amides is 1. The lowest BCUT2D eigenvalue weighted by Gasteiger charge is -2.66. The molecule has 42 heavy (non-hydrogen) atoms. The summed E-state index contributed by atoms with van der Waals surface area (Å²) >= 11 is 1.44. The highest BCUT2D eigenvalue weighted by molar-refractivity contribution is 7.10. The number of halogens is 1. The third-order valence-corrected chi connectivity index (χ3v) is 12.3. The van der Waals surface area contributed by atoms with E-state index in [0.717, 1.165) is 80.0 Å². The van der Waals surface area contributed by atoms with Crippen molar-refractivity contribution in [1.29, 1.82) is 0 Å². The summed E-state index contributed by atoms with van der Waals surface area (Å²) < 4.78 is 20.2. The third-order valence-electron chi connectivity index (χ3n) is 11.1. The second-order valence-electron chi connectivity index (χ2n) is 15.0. The van der Waals surface area contributed by atoms with E-state index in [2.05, 4.69) is 11.2 Å². The molecule has 0 unspecified atom stereocenters. The Labute approximate surface area is 249 Å². The molecule has 2 aromatic heterocycles. The Morgan fingerprint density at radius 1 is 1.10 bits per heavy atom. The fraction of sp³-hybridized carbons (Fsp3) is 0.636. The zero-order valence-corrected chi connectivity index (χ0v) is 25.3. The number of alkyl halides is 1. The van der Waals surface area contributed by atoms with Gasteiger partial charge >= 0.3 is 0 Å². The van der Waals surface area contributed by atoms with Gasteiger partial charge in [-0.2, -0.15) is 4.98 Å². The molecule has 2 heterocycles. The summed E-state index contributed by atoms with van der Waals surface area (Å²) in [5, 5.41) is 17.4. The van der Waals surface area contributed by atoms with Crippen LogP contribution in [0.4, 0.5) is 10.1 Å². The van der Waals surface area contributed by atoms with Crippen molar-refractivity contribution in [1.82, 2.24) is 15.1 Å². The molecule has 0 atom stereocenters. The number of fused-ring (bicyclic) bond motifs is 3. The lowest BCUT2D eigenvalue weighted by atomic mass is 9.41. The van der Waals surface area contributed by atoms with Gasteiger partial charge in [-0.05, 0) is 107 Å². The number of benzene rings is 1. The molecule has 0 aliphatic heterocycles. The maximum absolute atomic E-state index is 14.4. The second-order valence-corrected chi connectivity index (χ2v) is 15.9. The highest BCUT2D eigenvalue weighted by Crippen LogP contribution is 2.71. The van der Waals surface area contributed by atoms with Crippen molar-refractivity contribution in [3.63, 3.8) is 0 Å². The Morgan fingerprint density at radius 2 is 1.81 bits per heavy atom. The van der Waals surface area contributed by atoms with Crippen LogP contribution in [0.2, 0.25) is 0 Å². The SMILES string of the molecule is CC(C)(O)c1nc(-c2cccc(N(CC34CCC(c5nc(C6CC6)no5)(CC3)CC4)C(=O)CC34CC(F)(C3)C4)c2)cs1. The molecule has 10 rings (SSSR count). The highest BCUT2D eigenvalue weighted by atomic mass is 32.1. The molecule has 7 nitrogen and oxygen atoms in total. The van der Waals surface area contributed by atoms with Crippen molar-refractivity contribution < 1.29 is 18.8 Å². The lowest BCUT2D eigenvalue weighted by molar-refractivity contribution is -0.215. The summed E-state index contributed by atoms with van der Waals surface area (Å²) in [4.78, 5) is 25.6. The largest absolute Gasteiger partial charge is 0.383 e. The highest BCUT2D eigenvalue weighted by Gasteiger charge is 2.69. The smallest absolute Gasteiger partial charge is 0.232 e. The van der Waals surface area contributed by atoms with Crippen molar-refractivity contribution in [2.24, 2.45) is 10.8 Å². The number of aromatic nitrogens is 3. The topological polar surface area (TPSA) is 92.3 Å². The van der Waals surface area contributed by atoms with Crippen LogP contribution >= 0.6 is 11.3 Å². The van der Waals surface area contributed by atoms with Crippen molar-refractivity contribution in [2.45, 2.75) is 114 Å². The van der Waals surface area contributed by atoms with Gasteiger partial charge in [0, 0.05) is 40.9 Å². The molecule has 7 aliphatic rings. The minimum absolute atomic E-state index is 0.0270. The molecule has 7 aliphatic carbocycles. The second kappa shape index (κ2) is 8.94. The fourth-order valence-corrected chi connectivity index (χ4v) is 9.27. The number of rotatable bonds is 9. The normalized spacial score (nSPS) is 33.2. The molecule has 0 saturated heterocycles. The first-order chi connectivity index (χ1) is 20.0. The molecule has 7 fully saturated rings. The van der Waals surface area contributed by atoms with Gasteiger partial charge in [0.2, 0.25) is 11.8 Å². The van der Waals surface area contributed by atoms with E-state index in [-0.39, 0.29) is 22.2 Å². The van der Waals surface area contributed by atoms with Crippen LogP contribution in [0.15, 0.2) is 34.2 Å². The van der Waals surface area contributed by atoms with Crippen molar-refractivity contribution in [3.05, 3.63) is 46.4 Å². The predicted molar refractivity (Wildman–Crippen MR) is 158 cm³/mol. The van der Waals surface area contributed by atoms with Gasteiger partial charge < -0.3 is 14.5 Å². The molecule has 1 aromatic carbocycles. The Bertz CT molecular complexity index is 1510. The van der Waals surface area contributed by atoms with E-state index in [1.54, 1.807) is 13.8 Å². The van der Waals surface area contributed by atoms with Crippen LogP contribution < -0.4 is 4.90 Å². The number of hydrogen-bond donors (Lipinski definition) is 1. The third kappa shape index (κ3) is 4.45. The van der Waals surface area contributed by atoms with Gasteiger partial charge in [-0.15, -0.1) is 11.3 Å². The molecular weight excluding hydrogens is 551 g/mol. The number of carbonyl (C=O) groups is 1. The lowest BCUT2D eigenvalue weighted by Crippen LogP contribution is -2.65. The Hall–Kier alpha value is -2.65. The molecule has 7 saturated carbocycles. The van der Waals surface area contributed by atoms with Crippen molar-refractivity contribution in [3.8, 4) is 11.3 Å². The van der Waals surface area contributed by atoms with Crippen LogP contribution in [0.25, 0.3) is 11.3 Å². The van der Waals surface area contributed by atoms with E-state index in [9.17, 15) is 14.3 Å². The number of hydrogen-bond acceptors (Lipinski definition) is 7. The molecule has 1 amide bonds. The Morgan fingerprint density at radius 3 is 2.43 bits per heavy atom. The fourth-order valence-electron chi connectivity index (χ4n) is 8.42. The van der Waals surface area contributed by atoms with Crippen LogP contribution in [0.5, 0.6) is 0 Å². The summed E-state index contributed by atoms with van der Waals surface area (Å²) in [6.45, 7) is 4.16. The summed E-state index contributed by atoms with van der Waals surface area (Å²) in [6, 6.07) is 8.08. The molecule has 1 N–H and O–H groups in total. The zero-order chi connectivity index (χ0) is 29.0. The number of nitrogens with zero attached hydrogens (tertiary/aromatic N) is 4. The molecule has 3 aromatic rings. The Balaban J connectivity index is 1.05. The summed E-state index contributed by atoms with van der Waals surface area (Å²) in [5.41, 5.74) is 0.446. The molecule has 222 valence electrons. The minimum Gasteiger partial charge on any atom is -0.383 e. The molecule has 0 spiro atoms. The van der Waals surface area contributed by atoms with E-state index in [1.807, 2.05) is 28.5 Å². The number of carbonyl (C=O) groups excluding carboxylic acids is 1. The van der Waals surface area contributed by atoms with E-state index >= 15 is 0 Å². The average Bonchev–Trinajstić information content (AvgIpc) is 3.43. The maximum Gasteiger partial charge on any atom is 0.232 e. The van der Waals surface area contributed by atoms with Crippen LogP contribution in [0.3, 0.4) is 0 Å². The van der Waals surface area contributed by atoms with Gasteiger partial charge in [0.1, 0.15) is 16.3 Å². The maximum atomic E-state index is 14.4. The van der Waals surface area contributed by atoms with Crippen LogP contribution in [0.1, 0.15) is 114 Å². The molecule has 0 radical (unpaired) electrons. The number of anilines is 1. The molecular formula is C33H39FN4O3S. The first kappa shape index (κ1) is 26.9. The first-order valence-corrected chi connectivity index (χ1v) is 16.5. The zero-order valence-electron chi connectivity index (χ0n) is 24.5. The monoisotopic (exact) mass is 590 g/mol. The average molecular weight is 591 g/mol. The van der Waals surface area contributed by atoms with Gasteiger partial charge in [0.25, 0.3) is 0 Å². The Kier molecular flexibility index (Phi) is 5.74. The standard InChI is InChI=1S/C33H39FN4O3S/c1-29(2,40)28-35-24(16-42-28)22-4-3-5-23(14-22)38(25(39)15-31-17-33(34,18-31)19-31)20-30-8-11-32(12-9-30,13-10-30)27-36-26(37-41-27)21-6-7-21/h3-5,14,16,21,40H,6-13,15,17-20H2,1-2H3. The molecule has 9 heteroatoms. The van der Waals surface area contributed by atoms with Crippen LogP contribution in [0, 0.1) is 10.8 Å². The summed E-state index contributed by atoms with van der Waals surface area (Å²) in [5.74, 6) is 2.31.